The van der Waals surface area contributed by atoms with Gasteiger partial charge in [0, 0.05) is 0 Å². The molecule has 0 aromatic heterocycles. The second-order valence-corrected chi connectivity index (χ2v) is 8.86. The summed E-state index contributed by atoms with van der Waals surface area (Å²) in [5.41, 5.74) is -1.25. The van der Waals surface area contributed by atoms with Gasteiger partial charge in [-0.2, -0.15) is 13.2 Å². The lowest BCUT2D eigenvalue weighted by Crippen LogP contribution is -2.31. The Labute approximate surface area is 199 Å². The number of esters is 1. The van der Waals surface area contributed by atoms with E-state index in [2.05, 4.69) is 5.32 Å². The number of rotatable bonds is 5. The second kappa shape index (κ2) is 9.52. The van der Waals surface area contributed by atoms with E-state index in [1.807, 2.05) is 6.92 Å². The molecule has 0 unspecified atom stereocenters. The lowest BCUT2D eigenvalue weighted by molar-refractivity contribution is -0.137. The van der Waals surface area contributed by atoms with Gasteiger partial charge in [-0.15, -0.1) is 0 Å². The van der Waals surface area contributed by atoms with Crippen molar-refractivity contribution in [2.75, 3.05) is 16.8 Å². The maximum absolute atomic E-state index is 13.1. The number of halogens is 3. The van der Waals surface area contributed by atoms with Crippen LogP contribution in [0, 0.1) is 17.8 Å². The number of carbonyl (C=O) groups excluding carboxylic acids is 4. The molecule has 2 aromatic carbocycles. The van der Waals surface area contributed by atoms with E-state index in [1.54, 1.807) is 0 Å². The molecule has 1 heterocycles. The van der Waals surface area contributed by atoms with Gasteiger partial charge < -0.3 is 10.1 Å². The van der Waals surface area contributed by atoms with Crippen LogP contribution in [-0.4, -0.2) is 30.3 Å². The number of para-hydroxylation sites is 1. The molecule has 184 valence electrons. The number of anilines is 2. The third-order valence-corrected chi connectivity index (χ3v) is 6.37. The average molecular weight is 488 g/mol. The first-order valence-electron chi connectivity index (χ1n) is 11.2. The molecule has 2 fully saturated rings. The molecule has 10 heteroatoms. The van der Waals surface area contributed by atoms with Gasteiger partial charge in [0.1, 0.15) is 0 Å². The van der Waals surface area contributed by atoms with Gasteiger partial charge in [-0.05, 0) is 55.5 Å². The van der Waals surface area contributed by atoms with Crippen molar-refractivity contribution < 1.29 is 37.1 Å². The summed E-state index contributed by atoms with van der Waals surface area (Å²) in [6.07, 6.45) is -2.52. The summed E-state index contributed by atoms with van der Waals surface area (Å²) in [5.74, 6) is -2.84. The van der Waals surface area contributed by atoms with Crippen LogP contribution >= 0.6 is 0 Å². The van der Waals surface area contributed by atoms with Crippen molar-refractivity contribution in [3.8, 4) is 0 Å². The first kappa shape index (κ1) is 24.4. The molecule has 0 bridgehead atoms. The lowest BCUT2D eigenvalue weighted by Gasteiger charge is -2.25. The molecule has 3 amide bonds. The SMILES string of the molecule is C[C@@H]1CC[C@@H]2C(=O)N(c3cccc(C(=O)OCC(=O)Nc4ccccc4C(F)(F)F)c3)C(=O)[C@@H]2C1. The summed E-state index contributed by atoms with van der Waals surface area (Å²) < 4.78 is 44.2. The van der Waals surface area contributed by atoms with Gasteiger partial charge in [0.05, 0.1) is 34.3 Å². The van der Waals surface area contributed by atoms with E-state index in [4.69, 9.17) is 4.74 Å². The van der Waals surface area contributed by atoms with E-state index in [0.717, 1.165) is 23.5 Å². The number of alkyl halides is 3. The first-order chi connectivity index (χ1) is 16.6. The van der Waals surface area contributed by atoms with Crippen LogP contribution in [0.5, 0.6) is 0 Å². The largest absolute Gasteiger partial charge is 0.452 e. The van der Waals surface area contributed by atoms with Crippen LogP contribution < -0.4 is 10.2 Å². The number of fused-ring (bicyclic) bond motifs is 1. The molecule has 4 rings (SSSR count). The molecule has 0 radical (unpaired) electrons. The fourth-order valence-electron chi connectivity index (χ4n) is 4.66. The van der Waals surface area contributed by atoms with Crippen molar-refractivity contribution in [3.05, 3.63) is 59.7 Å². The summed E-state index contributed by atoms with van der Waals surface area (Å²) in [4.78, 5) is 51.5. The molecule has 2 aliphatic rings. The van der Waals surface area contributed by atoms with E-state index >= 15 is 0 Å². The Morgan fingerprint density at radius 2 is 1.74 bits per heavy atom. The fourth-order valence-corrected chi connectivity index (χ4v) is 4.66. The summed E-state index contributed by atoms with van der Waals surface area (Å²) >= 11 is 0. The third kappa shape index (κ3) is 5.06. The molecule has 1 aliphatic heterocycles. The van der Waals surface area contributed by atoms with Crippen LogP contribution in [0.4, 0.5) is 24.5 Å². The highest BCUT2D eigenvalue weighted by molar-refractivity contribution is 6.22. The minimum Gasteiger partial charge on any atom is -0.452 e. The van der Waals surface area contributed by atoms with Crippen molar-refractivity contribution >= 4 is 35.1 Å². The zero-order valence-corrected chi connectivity index (χ0v) is 18.8. The number of benzene rings is 2. The van der Waals surface area contributed by atoms with Gasteiger partial charge in [-0.1, -0.05) is 25.1 Å². The fraction of sp³-hybridized carbons (Fsp3) is 0.360. The van der Waals surface area contributed by atoms with Crippen LogP contribution in [0.15, 0.2) is 48.5 Å². The third-order valence-electron chi connectivity index (χ3n) is 6.37. The quantitative estimate of drug-likeness (QED) is 0.497. The van der Waals surface area contributed by atoms with E-state index in [-0.39, 0.29) is 34.9 Å². The van der Waals surface area contributed by atoms with Crippen LogP contribution in [0.25, 0.3) is 0 Å². The van der Waals surface area contributed by atoms with Gasteiger partial charge >= 0.3 is 12.1 Å². The van der Waals surface area contributed by atoms with Gasteiger partial charge in [0.15, 0.2) is 6.61 Å². The van der Waals surface area contributed by atoms with Gasteiger partial charge in [-0.25, -0.2) is 4.79 Å². The predicted octanol–water partition coefficient (Wildman–Crippen LogP) is 4.43. The number of ether oxygens (including phenoxy) is 1. The van der Waals surface area contributed by atoms with Crippen molar-refractivity contribution in [1.29, 1.82) is 0 Å². The van der Waals surface area contributed by atoms with E-state index in [0.29, 0.717) is 18.8 Å². The molecule has 35 heavy (non-hydrogen) atoms. The standard InChI is InChI=1S/C25H23F3N2O5/c1-14-9-10-17-18(11-14)23(33)30(22(17)32)16-6-4-5-15(12-16)24(34)35-13-21(31)29-20-8-3-2-7-19(20)25(26,27)28/h2-8,12,14,17-18H,9-11,13H2,1H3,(H,29,31)/t14-,17+,18-/m1/s1. The number of amides is 3. The maximum Gasteiger partial charge on any atom is 0.418 e. The smallest absolute Gasteiger partial charge is 0.418 e. The van der Waals surface area contributed by atoms with Crippen molar-refractivity contribution in [2.45, 2.75) is 32.4 Å². The van der Waals surface area contributed by atoms with Crippen LogP contribution in [0.2, 0.25) is 0 Å². The number of imide groups is 1. The molecule has 1 saturated heterocycles. The zero-order valence-electron chi connectivity index (χ0n) is 18.8. The number of nitrogens with one attached hydrogen (secondary N) is 1. The molecule has 1 saturated carbocycles. The summed E-state index contributed by atoms with van der Waals surface area (Å²) in [5, 5.41) is 2.09. The number of nitrogens with zero attached hydrogens (tertiary/aromatic N) is 1. The highest BCUT2D eigenvalue weighted by Crippen LogP contribution is 2.42. The Bertz CT molecular complexity index is 1180. The normalized spacial score (nSPS) is 22.1. The molecule has 2 aromatic rings. The molecule has 3 atom stereocenters. The van der Waals surface area contributed by atoms with Crippen LogP contribution in [0.1, 0.15) is 42.1 Å². The molecule has 0 spiro atoms. The predicted molar refractivity (Wildman–Crippen MR) is 119 cm³/mol. The first-order valence-corrected chi connectivity index (χ1v) is 11.2. The van der Waals surface area contributed by atoms with Crippen molar-refractivity contribution in [3.63, 3.8) is 0 Å². The topological polar surface area (TPSA) is 92.8 Å². The van der Waals surface area contributed by atoms with Gasteiger partial charge in [0.2, 0.25) is 11.8 Å². The molecule has 7 nitrogen and oxygen atoms in total. The second-order valence-electron chi connectivity index (χ2n) is 8.86. The Kier molecular flexibility index (Phi) is 6.64. The Morgan fingerprint density at radius 3 is 2.49 bits per heavy atom. The number of hydrogen-bond donors (Lipinski definition) is 1. The minimum atomic E-state index is -4.67. The van der Waals surface area contributed by atoms with E-state index in [1.165, 1.54) is 36.4 Å². The zero-order chi connectivity index (χ0) is 25.3. The summed E-state index contributed by atoms with van der Waals surface area (Å²) in [6, 6.07) is 10.2. The number of hydrogen-bond acceptors (Lipinski definition) is 5. The summed E-state index contributed by atoms with van der Waals surface area (Å²) in [6.45, 7) is 1.23. The van der Waals surface area contributed by atoms with Crippen molar-refractivity contribution in [2.24, 2.45) is 17.8 Å². The minimum absolute atomic E-state index is 0.00479. The number of carbonyl (C=O) groups is 4. The van der Waals surface area contributed by atoms with E-state index in [9.17, 15) is 32.3 Å². The highest BCUT2D eigenvalue weighted by atomic mass is 19.4. The Hall–Kier alpha value is -3.69. The van der Waals surface area contributed by atoms with Crippen LogP contribution in [-0.2, 0) is 25.3 Å². The molecular weight excluding hydrogens is 465 g/mol. The maximum atomic E-state index is 13.1. The van der Waals surface area contributed by atoms with Gasteiger partial charge in [-0.3, -0.25) is 19.3 Å². The van der Waals surface area contributed by atoms with Crippen molar-refractivity contribution in [1.82, 2.24) is 0 Å². The highest BCUT2D eigenvalue weighted by Gasteiger charge is 2.50. The molecule has 1 aliphatic carbocycles. The van der Waals surface area contributed by atoms with E-state index < -0.39 is 35.9 Å². The monoisotopic (exact) mass is 488 g/mol. The Morgan fingerprint density at radius 1 is 1.03 bits per heavy atom. The van der Waals surface area contributed by atoms with Gasteiger partial charge in [0.25, 0.3) is 5.91 Å². The molecular formula is C25H23F3N2O5. The lowest BCUT2D eigenvalue weighted by atomic mass is 9.76. The summed E-state index contributed by atoms with van der Waals surface area (Å²) in [7, 11) is 0. The van der Waals surface area contributed by atoms with Crippen LogP contribution in [0.3, 0.4) is 0 Å². The Balaban J connectivity index is 1.42. The molecule has 1 N–H and O–H groups in total. The average Bonchev–Trinajstić information content (AvgIpc) is 3.06.